The fraction of sp³-hybridized carbons (Fsp3) is 0.333. The highest BCUT2D eigenvalue weighted by Gasteiger charge is 2.26. The molecular formula is C18H21N7O. The van der Waals surface area contributed by atoms with Crippen LogP contribution in [-0.2, 0) is 0 Å². The summed E-state index contributed by atoms with van der Waals surface area (Å²) in [5.41, 5.74) is 1.66. The number of benzene rings is 1. The number of hydrogen-bond donors (Lipinski definition) is 2. The summed E-state index contributed by atoms with van der Waals surface area (Å²) in [6, 6.07) is 13.8. The van der Waals surface area contributed by atoms with Gasteiger partial charge in [-0.2, -0.15) is 4.52 Å². The minimum atomic E-state index is -0.00890. The van der Waals surface area contributed by atoms with E-state index >= 15 is 0 Å². The number of rotatable bonds is 4. The van der Waals surface area contributed by atoms with E-state index in [-0.39, 0.29) is 12.1 Å². The van der Waals surface area contributed by atoms with Crippen LogP contribution < -0.4 is 10.6 Å². The minimum absolute atomic E-state index is 0.00890. The molecule has 1 aromatic carbocycles. The maximum Gasteiger partial charge on any atom is 0.317 e. The summed E-state index contributed by atoms with van der Waals surface area (Å²) in [6.07, 6.45) is 0.893. The van der Waals surface area contributed by atoms with E-state index in [0.717, 1.165) is 24.3 Å². The average Bonchev–Trinajstić information content (AvgIpc) is 3.29. The summed E-state index contributed by atoms with van der Waals surface area (Å²) >= 11 is 0. The molecule has 2 amide bonds. The van der Waals surface area contributed by atoms with Gasteiger partial charge in [-0.3, -0.25) is 0 Å². The van der Waals surface area contributed by atoms with Crippen LogP contribution >= 0.6 is 0 Å². The molecule has 8 nitrogen and oxygen atoms in total. The number of nitrogens with one attached hydrogen (secondary N) is 2. The average molecular weight is 351 g/mol. The van der Waals surface area contributed by atoms with Crippen molar-refractivity contribution in [3.8, 4) is 11.4 Å². The number of carbonyl (C=O) groups excluding carboxylic acids is 1. The molecule has 3 heterocycles. The summed E-state index contributed by atoms with van der Waals surface area (Å²) in [4.78, 5) is 13.8. The Balaban J connectivity index is 1.52. The number of hydrogen-bond acceptors (Lipinski definition) is 5. The third-order valence-corrected chi connectivity index (χ3v) is 4.45. The van der Waals surface area contributed by atoms with Gasteiger partial charge in [-0.15, -0.1) is 15.3 Å². The smallest absolute Gasteiger partial charge is 0.317 e. The molecule has 2 N–H and O–H groups in total. The Kier molecular flexibility index (Phi) is 4.39. The van der Waals surface area contributed by atoms with E-state index in [1.165, 1.54) is 0 Å². The first-order valence-electron chi connectivity index (χ1n) is 8.82. The molecule has 0 saturated carbocycles. The van der Waals surface area contributed by atoms with Crippen molar-refractivity contribution in [1.82, 2.24) is 30.0 Å². The Bertz CT molecular complexity index is 908. The molecule has 134 valence electrons. The van der Waals surface area contributed by atoms with E-state index in [9.17, 15) is 4.79 Å². The van der Waals surface area contributed by atoms with Crippen molar-refractivity contribution in [3.05, 3.63) is 42.5 Å². The number of fused-ring (bicyclic) bond motifs is 1. The topological polar surface area (TPSA) is 87.5 Å². The van der Waals surface area contributed by atoms with Crippen molar-refractivity contribution in [2.45, 2.75) is 19.4 Å². The van der Waals surface area contributed by atoms with Crippen LogP contribution in [0, 0.1) is 0 Å². The number of amides is 2. The lowest BCUT2D eigenvalue weighted by atomic mass is 10.2. The highest BCUT2D eigenvalue weighted by atomic mass is 16.2. The molecule has 1 aliphatic rings. The maximum absolute atomic E-state index is 11.9. The second-order valence-corrected chi connectivity index (χ2v) is 6.29. The van der Waals surface area contributed by atoms with Gasteiger partial charge in [-0.1, -0.05) is 30.3 Å². The number of nitrogens with zero attached hydrogens (tertiary/aromatic N) is 5. The summed E-state index contributed by atoms with van der Waals surface area (Å²) in [5, 5.41) is 19.3. The fourth-order valence-corrected chi connectivity index (χ4v) is 3.17. The van der Waals surface area contributed by atoms with Gasteiger partial charge in [-0.25, -0.2) is 4.79 Å². The molecule has 2 aromatic heterocycles. The van der Waals surface area contributed by atoms with Gasteiger partial charge in [0.1, 0.15) is 5.82 Å². The molecule has 1 unspecified atom stereocenters. The molecule has 1 saturated heterocycles. The lowest BCUT2D eigenvalue weighted by Gasteiger charge is -2.17. The molecule has 4 rings (SSSR count). The van der Waals surface area contributed by atoms with Crippen molar-refractivity contribution < 1.29 is 4.79 Å². The van der Waals surface area contributed by atoms with Crippen LogP contribution in [0.5, 0.6) is 0 Å². The molecule has 3 aromatic rings. The van der Waals surface area contributed by atoms with E-state index < -0.39 is 0 Å². The molecule has 1 aliphatic heterocycles. The van der Waals surface area contributed by atoms with Crippen molar-refractivity contribution in [2.75, 3.05) is 25.0 Å². The van der Waals surface area contributed by atoms with Gasteiger partial charge in [-0.05, 0) is 25.5 Å². The number of urea groups is 1. The zero-order chi connectivity index (χ0) is 17.9. The lowest BCUT2D eigenvalue weighted by molar-refractivity contribution is 0.209. The number of carbonyl (C=O) groups is 1. The van der Waals surface area contributed by atoms with Crippen molar-refractivity contribution >= 4 is 17.5 Å². The predicted molar refractivity (Wildman–Crippen MR) is 98.9 cm³/mol. The van der Waals surface area contributed by atoms with E-state index in [1.807, 2.05) is 54.3 Å². The first kappa shape index (κ1) is 16.3. The van der Waals surface area contributed by atoms with Gasteiger partial charge in [0.05, 0.1) is 0 Å². The lowest BCUT2D eigenvalue weighted by Crippen LogP contribution is -2.39. The first-order chi connectivity index (χ1) is 12.7. The monoisotopic (exact) mass is 351 g/mol. The second-order valence-electron chi connectivity index (χ2n) is 6.29. The standard InChI is InChI=1S/C18H21N7O/c1-2-19-18(26)24-11-10-14(12-24)20-15-8-9-16-21-22-17(25(16)23-15)13-6-4-3-5-7-13/h3-9,14H,2,10-12H2,1H3,(H,19,26)(H,20,23). The van der Waals surface area contributed by atoms with E-state index in [0.29, 0.717) is 24.6 Å². The van der Waals surface area contributed by atoms with Crippen molar-refractivity contribution in [1.29, 1.82) is 0 Å². The molecule has 1 atom stereocenters. The van der Waals surface area contributed by atoms with Gasteiger partial charge in [0.25, 0.3) is 0 Å². The zero-order valence-corrected chi connectivity index (χ0v) is 14.6. The molecular weight excluding hydrogens is 330 g/mol. The Morgan fingerprint density at radius 2 is 2.04 bits per heavy atom. The molecule has 0 aliphatic carbocycles. The van der Waals surface area contributed by atoms with E-state index in [1.54, 1.807) is 4.52 Å². The summed E-state index contributed by atoms with van der Waals surface area (Å²) in [6.45, 7) is 3.97. The largest absolute Gasteiger partial charge is 0.364 e. The number of likely N-dealkylation sites (tertiary alicyclic amines) is 1. The predicted octanol–water partition coefficient (Wildman–Crippen LogP) is 2.01. The van der Waals surface area contributed by atoms with Crippen LogP contribution in [0.1, 0.15) is 13.3 Å². The highest BCUT2D eigenvalue weighted by molar-refractivity contribution is 5.74. The van der Waals surface area contributed by atoms with Crippen LogP contribution in [0.2, 0.25) is 0 Å². The molecule has 0 radical (unpaired) electrons. The van der Waals surface area contributed by atoms with E-state index in [4.69, 9.17) is 0 Å². The van der Waals surface area contributed by atoms with Crippen LogP contribution in [0.3, 0.4) is 0 Å². The molecule has 1 fully saturated rings. The van der Waals surface area contributed by atoms with Gasteiger partial charge in [0.15, 0.2) is 11.5 Å². The van der Waals surface area contributed by atoms with Crippen molar-refractivity contribution in [3.63, 3.8) is 0 Å². The quantitative estimate of drug-likeness (QED) is 0.751. The normalized spacial score (nSPS) is 16.8. The number of aromatic nitrogens is 4. The Morgan fingerprint density at radius 3 is 2.85 bits per heavy atom. The third-order valence-electron chi connectivity index (χ3n) is 4.45. The summed E-state index contributed by atoms with van der Waals surface area (Å²) in [5.74, 6) is 1.46. The third kappa shape index (κ3) is 3.17. The minimum Gasteiger partial charge on any atom is -0.364 e. The first-order valence-corrected chi connectivity index (χ1v) is 8.82. The van der Waals surface area contributed by atoms with Crippen LogP contribution in [0.4, 0.5) is 10.6 Å². The second kappa shape index (κ2) is 6.99. The van der Waals surface area contributed by atoms with Gasteiger partial charge < -0.3 is 15.5 Å². The van der Waals surface area contributed by atoms with Crippen LogP contribution in [-0.4, -0.2) is 56.4 Å². The fourth-order valence-electron chi connectivity index (χ4n) is 3.17. The Morgan fingerprint density at radius 1 is 1.19 bits per heavy atom. The van der Waals surface area contributed by atoms with Gasteiger partial charge >= 0.3 is 6.03 Å². The van der Waals surface area contributed by atoms with Crippen molar-refractivity contribution in [2.24, 2.45) is 0 Å². The van der Waals surface area contributed by atoms with Gasteiger partial charge in [0, 0.05) is 31.2 Å². The SMILES string of the molecule is CCNC(=O)N1CCC(Nc2ccc3nnc(-c4ccccc4)n3n2)C1. The summed E-state index contributed by atoms with van der Waals surface area (Å²) in [7, 11) is 0. The Hall–Kier alpha value is -3.16. The van der Waals surface area contributed by atoms with Gasteiger partial charge in [0.2, 0.25) is 0 Å². The van der Waals surface area contributed by atoms with Crippen LogP contribution in [0.25, 0.3) is 17.0 Å². The Labute approximate surface area is 151 Å². The maximum atomic E-state index is 11.9. The zero-order valence-electron chi connectivity index (χ0n) is 14.6. The number of anilines is 1. The summed E-state index contributed by atoms with van der Waals surface area (Å²) < 4.78 is 1.74. The molecule has 26 heavy (non-hydrogen) atoms. The molecule has 0 spiro atoms. The molecule has 8 heteroatoms. The highest BCUT2D eigenvalue weighted by Crippen LogP contribution is 2.19. The van der Waals surface area contributed by atoms with Crippen LogP contribution in [0.15, 0.2) is 42.5 Å². The molecule has 0 bridgehead atoms. The van der Waals surface area contributed by atoms with E-state index in [2.05, 4.69) is 25.9 Å².